The molecule has 9 heteroatoms. The molecular weight excluding hydrogens is 345 g/mol. The first-order valence-electron chi connectivity index (χ1n) is 7.48. The van der Waals surface area contributed by atoms with E-state index < -0.39 is 0 Å². The van der Waals surface area contributed by atoms with Crippen LogP contribution >= 0.6 is 12.2 Å². The van der Waals surface area contributed by atoms with Gasteiger partial charge in [0.1, 0.15) is 17.9 Å². The number of H-pyrrole nitrogens is 2. The van der Waals surface area contributed by atoms with Crippen LogP contribution in [0.1, 0.15) is 5.56 Å². The average Bonchev–Trinajstić information content (AvgIpc) is 3.10. The highest BCUT2D eigenvalue weighted by Gasteiger charge is 2.09. The highest BCUT2D eigenvalue weighted by Crippen LogP contribution is 2.16. The lowest BCUT2D eigenvalue weighted by Crippen LogP contribution is -2.15. The summed E-state index contributed by atoms with van der Waals surface area (Å²) in [6.07, 6.45) is 1.90. The van der Waals surface area contributed by atoms with Gasteiger partial charge in [-0.15, -0.1) is 0 Å². The van der Waals surface area contributed by atoms with E-state index in [1.807, 2.05) is 18.2 Å². The summed E-state index contributed by atoms with van der Waals surface area (Å²) in [5.41, 5.74) is 7.20. The molecule has 0 spiro atoms. The Morgan fingerprint density at radius 3 is 3.08 bits per heavy atom. The van der Waals surface area contributed by atoms with Gasteiger partial charge >= 0.3 is 0 Å². The molecule has 0 aliphatic carbocycles. The largest absolute Gasteiger partial charge is 0.489 e. The number of imidazole rings is 1. The number of nitrogens with one attached hydrogen (secondary N) is 2. The van der Waals surface area contributed by atoms with Gasteiger partial charge in [-0.25, -0.2) is 9.37 Å². The minimum Gasteiger partial charge on any atom is -0.489 e. The first-order valence-corrected chi connectivity index (χ1v) is 7.89. The highest BCUT2D eigenvalue weighted by atomic mass is 32.1. The molecule has 0 bridgehead atoms. The van der Waals surface area contributed by atoms with Gasteiger partial charge in [0.05, 0.1) is 19.2 Å². The molecule has 0 aliphatic heterocycles. The van der Waals surface area contributed by atoms with E-state index in [4.69, 9.17) is 22.7 Å². The first kappa shape index (κ1) is 17.1. The zero-order chi connectivity index (χ0) is 17.8. The Labute approximate surface area is 147 Å². The number of nitrogens with zero attached hydrogens (tertiary/aromatic N) is 2. The average molecular weight is 361 g/mol. The fourth-order valence-electron chi connectivity index (χ4n) is 2.36. The molecule has 0 aliphatic rings. The van der Waals surface area contributed by atoms with Gasteiger partial charge in [-0.3, -0.25) is 14.3 Å². The maximum Gasteiger partial charge on any atom is 0.277 e. The van der Waals surface area contributed by atoms with Crippen molar-refractivity contribution in [2.24, 2.45) is 5.73 Å². The van der Waals surface area contributed by atoms with Crippen LogP contribution in [0.5, 0.6) is 5.75 Å². The summed E-state index contributed by atoms with van der Waals surface area (Å²) in [4.78, 5) is 21.4. The van der Waals surface area contributed by atoms with Crippen molar-refractivity contribution in [3.05, 3.63) is 63.2 Å². The van der Waals surface area contributed by atoms with Crippen molar-refractivity contribution in [3.63, 3.8) is 0 Å². The smallest absolute Gasteiger partial charge is 0.277 e. The highest BCUT2D eigenvalue weighted by molar-refractivity contribution is 7.71. The Kier molecular flexibility index (Phi) is 5.05. The van der Waals surface area contributed by atoms with E-state index in [0.29, 0.717) is 35.4 Å². The van der Waals surface area contributed by atoms with Crippen molar-refractivity contribution in [1.29, 1.82) is 0 Å². The summed E-state index contributed by atoms with van der Waals surface area (Å²) in [6.45, 7) is 0.578. The number of ether oxygens (including phenoxy) is 1. The number of benzene rings is 1. The Morgan fingerprint density at radius 1 is 1.48 bits per heavy atom. The van der Waals surface area contributed by atoms with Gasteiger partial charge in [0.2, 0.25) is 0 Å². The number of rotatable bonds is 6. The van der Waals surface area contributed by atoms with Crippen molar-refractivity contribution in [1.82, 2.24) is 19.5 Å². The van der Waals surface area contributed by atoms with Gasteiger partial charge in [0, 0.05) is 12.1 Å². The Morgan fingerprint density at radius 2 is 2.32 bits per heavy atom. The van der Waals surface area contributed by atoms with Crippen LogP contribution in [-0.2, 0) is 6.54 Å². The van der Waals surface area contributed by atoms with Gasteiger partial charge in [-0.05, 0) is 29.9 Å². The predicted octanol–water partition coefficient (Wildman–Crippen LogP) is 2.02. The lowest BCUT2D eigenvalue weighted by molar-refractivity contribution is 0.347. The molecule has 0 fully saturated rings. The molecular formula is C16H16FN5O2S. The number of nitrogens with two attached hydrogens (primary N) is 1. The maximum atomic E-state index is 12.5. The summed E-state index contributed by atoms with van der Waals surface area (Å²) in [7, 11) is 0. The van der Waals surface area contributed by atoms with Gasteiger partial charge in [-0.2, -0.15) is 0 Å². The van der Waals surface area contributed by atoms with Crippen LogP contribution in [0.4, 0.5) is 4.39 Å². The Balaban J connectivity index is 1.87. The lowest BCUT2D eigenvalue weighted by Gasteiger charge is -2.11. The summed E-state index contributed by atoms with van der Waals surface area (Å²) < 4.78 is 20.1. The molecule has 1 aromatic carbocycles. The van der Waals surface area contributed by atoms with Gasteiger partial charge < -0.3 is 15.5 Å². The van der Waals surface area contributed by atoms with Crippen LogP contribution < -0.4 is 16.0 Å². The molecule has 0 atom stereocenters. The van der Waals surface area contributed by atoms with Crippen LogP contribution in [0.2, 0.25) is 0 Å². The zero-order valence-corrected chi connectivity index (χ0v) is 14.0. The van der Waals surface area contributed by atoms with Gasteiger partial charge in [0.25, 0.3) is 5.56 Å². The van der Waals surface area contributed by atoms with Crippen LogP contribution in [0.25, 0.3) is 11.2 Å². The molecule has 3 aromatic rings. The zero-order valence-electron chi connectivity index (χ0n) is 13.2. The molecule has 0 saturated heterocycles. The number of hydrogen-bond donors (Lipinski definition) is 3. The topological polar surface area (TPSA) is 102 Å². The van der Waals surface area contributed by atoms with Crippen molar-refractivity contribution in [2.45, 2.75) is 6.54 Å². The second-order valence-corrected chi connectivity index (χ2v) is 5.74. The molecule has 130 valence electrons. The molecule has 0 saturated carbocycles. The maximum absolute atomic E-state index is 12.5. The Bertz CT molecular complexity index is 1040. The number of hydrogen-bond acceptors (Lipinski definition) is 5. The van der Waals surface area contributed by atoms with E-state index in [1.54, 1.807) is 10.6 Å². The number of aromatic nitrogens is 4. The minimum atomic E-state index is -0.307. The van der Waals surface area contributed by atoms with Crippen molar-refractivity contribution >= 4 is 23.4 Å². The van der Waals surface area contributed by atoms with E-state index in [1.165, 1.54) is 6.33 Å². The third-order valence-corrected chi connectivity index (χ3v) is 3.97. The van der Waals surface area contributed by atoms with E-state index in [-0.39, 0.29) is 23.5 Å². The monoisotopic (exact) mass is 361 g/mol. The minimum absolute atomic E-state index is 0.0815. The molecule has 7 nitrogen and oxygen atoms in total. The van der Waals surface area contributed by atoms with Gasteiger partial charge in [0.15, 0.2) is 10.4 Å². The third kappa shape index (κ3) is 3.67. The summed E-state index contributed by atoms with van der Waals surface area (Å²) >= 11 is 5.24. The molecule has 2 aromatic heterocycles. The third-order valence-electron chi connectivity index (χ3n) is 3.65. The molecule has 4 N–H and O–H groups in total. The lowest BCUT2D eigenvalue weighted by atomic mass is 10.2. The fraction of sp³-hybridized carbons (Fsp3) is 0.188. The fourth-order valence-corrected chi connectivity index (χ4v) is 2.60. The summed E-state index contributed by atoms with van der Waals surface area (Å²) in [5, 5.41) is 0. The standard InChI is InChI=1S/C16H16FN5O2S/c17-5-11(6-18)8-24-12-3-1-2-10(4-12)7-22-14-13(19-9-20-14)15(23)21-16(22)25/h1-5,9H,6-8,18H2,(H,19,20)(H,21,23,25)/b11-5-. The summed E-state index contributed by atoms with van der Waals surface area (Å²) in [5.74, 6) is 0.583. The van der Waals surface area contributed by atoms with Crippen molar-refractivity contribution in [3.8, 4) is 5.75 Å². The SMILES string of the molecule is NC/C(=C/F)COc1cccc(Cn2c(=S)[nH]c(=O)c3[nH]cnc32)c1. The summed E-state index contributed by atoms with van der Waals surface area (Å²) in [6, 6.07) is 7.31. The van der Waals surface area contributed by atoms with Crippen LogP contribution in [0.3, 0.4) is 0 Å². The number of fused-ring (bicyclic) bond motifs is 1. The van der Waals surface area contributed by atoms with Gasteiger partial charge in [-0.1, -0.05) is 12.1 Å². The normalized spacial score (nSPS) is 11.8. The molecule has 0 amide bonds. The predicted molar refractivity (Wildman–Crippen MR) is 94.8 cm³/mol. The van der Waals surface area contributed by atoms with Crippen molar-refractivity contribution < 1.29 is 9.13 Å². The quantitative estimate of drug-likeness (QED) is 0.583. The van der Waals surface area contributed by atoms with E-state index in [2.05, 4.69) is 15.0 Å². The Hall–Kier alpha value is -2.78. The first-order chi connectivity index (χ1) is 12.1. The molecule has 2 heterocycles. The van der Waals surface area contributed by atoms with Crippen LogP contribution in [-0.4, -0.2) is 32.7 Å². The van der Waals surface area contributed by atoms with E-state index in [0.717, 1.165) is 5.56 Å². The number of aromatic amines is 2. The second-order valence-electron chi connectivity index (χ2n) is 5.35. The molecule has 25 heavy (non-hydrogen) atoms. The molecule has 3 rings (SSSR count). The molecule has 0 unspecified atom stereocenters. The second kappa shape index (κ2) is 7.41. The number of halogens is 1. The molecule has 0 radical (unpaired) electrons. The van der Waals surface area contributed by atoms with Crippen LogP contribution in [0, 0.1) is 4.77 Å². The van der Waals surface area contributed by atoms with Crippen LogP contribution in [0.15, 0.2) is 47.3 Å². The van der Waals surface area contributed by atoms with E-state index >= 15 is 0 Å². The van der Waals surface area contributed by atoms with E-state index in [9.17, 15) is 9.18 Å². The van der Waals surface area contributed by atoms with Crippen molar-refractivity contribution in [2.75, 3.05) is 13.2 Å².